The lowest BCUT2D eigenvalue weighted by Gasteiger charge is -2.29. The normalized spacial score (nSPS) is 15.2. The lowest BCUT2D eigenvalue weighted by atomic mass is 10.1. The molecular formula is C13H17NO4. The number of hydrogen-bond acceptors (Lipinski definition) is 4. The second-order valence-electron chi connectivity index (χ2n) is 5.37. The molecular weight excluding hydrogens is 234 g/mol. The molecule has 5 heteroatoms. The Morgan fingerprint density at radius 3 is 2.83 bits per heavy atom. The van der Waals surface area contributed by atoms with Crippen molar-refractivity contribution in [3.63, 3.8) is 0 Å². The maximum atomic E-state index is 11.9. The van der Waals surface area contributed by atoms with Crippen LogP contribution in [0.5, 0.6) is 0 Å². The Kier molecular flexibility index (Phi) is 3.15. The molecule has 2 heterocycles. The highest BCUT2D eigenvalue weighted by Gasteiger charge is 2.27. The van der Waals surface area contributed by atoms with E-state index in [1.807, 2.05) is 20.8 Å². The van der Waals surface area contributed by atoms with Crippen LogP contribution in [-0.4, -0.2) is 29.4 Å². The minimum absolute atomic E-state index is 0.311. The smallest absolute Gasteiger partial charge is 0.410 e. The third-order valence-corrected chi connectivity index (χ3v) is 2.65. The average molecular weight is 251 g/mol. The van der Waals surface area contributed by atoms with E-state index in [-0.39, 0.29) is 6.09 Å². The average Bonchev–Trinajstić information content (AvgIpc) is 2.68. The summed E-state index contributed by atoms with van der Waals surface area (Å²) in [5.41, 5.74) is 0.385. The first-order chi connectivity index (χ1) is 8.39. The largest absolute Gasteiger partial charge is 0.458 e. The molecule has 1 aromatic rings. The lowest BCUT2D eigenvalue weighted by molar-refractivity contribution is 0.0219. The highest BCUT2D eigenvalue weighted by molar-refractivity contribution is 5.72. The fourth-order valence-corrected chi connectivity index (χ4v) is 1.90. The fourth-order valence-electron chi connectivity index (χ4n) is 1.90. The zero-order valence-corrected chi connectivity index (χ0v) is 10.9. The number of rotatable bonds is 1. The Labute approximate surface area is 106 Å². The Balaban J connectivity index is 2.07. The van der Waals surface area contributed by atoms with E-state index in [4.69, 9.17) is 9.15 Å². The monoisotopic (exact) mass is 251 g/mol. The molecule has 18 heavy (non-hydrogen) atoms. The van der Waals surface area contributed by atoms with Gasteiger partial charge in [-0.15, -0.1) is 0 Å². The molecule has 0 unspecified atom stereocenters. The van der Waals surface area contributed by atoms with Gasteiger partial charge in [-0.1, -0.05) is 0 Å². The summed E-state index contributed by atoms with van der Waals surface area (Å²) in [4.78, 5) is 24.2. The number of fused-ring (bicyclic) bond motifs is 1. The van der Waals surface area contributed by atoms with Crippen LogP contribution in [-0.2, 0) is 17.7 Å². The Hall–Kier alpha value is -1.78. The van der Waals surface area contributed by atoms with Crippen LogP contribution in [0.2, 0.25) is 0 Å². The minimum Gasteiger partial charge on any atom is -0.458 e. The van der Waals surface area contributed by atoms with Crippen molar-refractivity contribution in [1.29, 1.82) is 0 Å². The molecule has 0 spiro atoms. The summed E-state index contributed by atoms with van der Waals surface area (Å²) in [6.45, 7) is 6.49. The van der Waals surface area contributed by atoms with Crippen LogP contribution in [0, 0.1) is 0 Å². The molecule has 1 aromatic heterocycles. The summed E-state index contributed by atoms with van der Waals surface area (Å²) < 4.78 is 10.6. The van der Waals surface area contributed by atoms with E-state index in [1.165, 1.54) is 0 Å². The number of ether oxygens (including phenoxy) is 1. The van der Waals surface area contributed by atoms with Crippen LogP contribution in [0.1, 0.15) is 42.6 Å². The van der Waals surface area contributed by atoms with Gasteiger partial charge in [-0.25, -0.2) is 4.79 Å². The summed E-state index contributed by atoms with van der Waals surface area (Å²) in [6, 6.07) is 1.68. The Morgan fingerprint density at radius 2 is 2.22 bits per heavy atom. The number of carbonyl (C=O) groups excluding carboxylic acids is 2. The van der Waals surface area contributed by atoms with Crippen molar-refractivity contribution in [3.8, 4) is 0 Å². The summed E-state index contributed by atoms with van der Waals surface area (Å²) >= 11 is 0. The highest BCUT2D eigenvalue weighted by Crippen LogP contribution is 2.23. The summed E-state index contributed by atoms with van der Waals surface area (Å²) in [5, 5.41) is 0. The molecule has 1 aliphatic heterocycles. The highest BCUT2D eigenvalue weighted by atomic mass is 16.6. The van der Waals surface area contributed by atoms with Crippen molar-refractivity contribution in [2.24, 2.45) is 0 Å². The predicted octanol–water partition coefficient (Wildman–Crippen LogP) is 2.39. The fraction of sp³-hybridized carbons (Fsp3) is 0.538. The van der Waals surface area contributed by atoms with E-state index >= 15 is 0 Å². The van der Waals surface area contributed by atoms with Gasteiger partial charge in [-0.3, -0.25) is 4.79 Å². The van der Waals surface area contributed by atoms with Crippen LogP contribution < -0.4 is 0 Å². The first-order valence-electron chi connectivity index (χ1n) is 5.94. The van der Waals surface area contributed by atoms with E-state index < -0.39 is 5.60 Å². The molecule has 5 nitrogen and oxygen atoms in total. The summed E-state index contributed by atoms with van der Waals surface area (Å²) in [6.07, 6.45) is 0.959. The Bertz CT molecular complexity index is 470. The zero-order chi connectivity index (χ0) is 13.3. The van der Waals surface area contributed by atoms with Crippen molar-refractivity contribution in [2.75, 3.05) is 6.54 Å². The van der Waals surface area contributed by atoms with Crippen LogP contribution in [0.15, 0.2) is 10.5 Å². The topological polar surface area (TPSA) is 59.8 Å². The molecule has 2 rings (SSSR count). The third-order valence-electron chi connectivity index (χ3n) is 2.65. The lowest BCUT2D eigenvalue weighted by Crippen LogP contribution is -2.39. The first kappa shape index (κ1) is 12.7. The zero-order valence-electron chi connectivity index (χ0n) is 10.9. The van der Waals surface area contributed by atoms with Crippen molar-refractivity contribution in [2.45, 2.75) is 39.3 Å². The first-order valence-corrected chi connectivity index (χ1v) is 5.94. The van der Waals surface area contributed by atoms with Gasteiger partial charge in [-0.05, 0) is 26.8 Å². The number of carbonyl (C=O) groups is 2. The molecule has 0 saturated heterocycles. The second-order valence-corrected chi connectivity index (χ2v) is 5.37. The van der Waals surface area contributed by atoms with Gasteiger partial charge in [0.1, 0.15) is 11.4 Å². The number of furan rings is 1. The number of hydrogen-bond donors (Lipinski definition) is 0. The van der Waals surface area contributed by atoms with E-state index in [0.717, 1.165) is 11.3 Å². The molecule has 1 aliphatic rings. The maximum absolute atomic E-state index is 11.9. The predicted molar refractivity (Wildman–Crippen MR) is 64.4 cm³/mol. The number of amides is 1. The molecule has 0 aromatic carbocycles. The van der Waals surface area contributed by atoms with Gasteiger partial charge in [0.15, 0.2) is 12.0 Å². The van der Waals surface area contributed by atoms with Gasteiger partial charge in [0.05, 0.1) is 6.54 Å². The molecule has 0 aliphatic carbocycles. The molecule has 0 fully saturated rings. The summed E-state index contributed by atoms with van der Waals surface area (Å²) in [7, 11) is 0. The van der Waals surface area contributed by atoms with Crippen LogP contribution in [0.3, 0.4) is 0 Å². The van der Waals surface area contributed by atoms with E-state index in [1.54, 1.807) is 11.0 Å². The van der Waals surface area contributed by atoms with Crippen molar-refractivity contribution < 1.29 is 18.7 Å². The number of aldehydes is 1. The Morgan fingerprint density at radius 1 is 1.50 bits per heavy atom. The molecule has 0 bridgehead atoms. The van der Waals surface area contributed by atoms with Gasteiger partial charge < -0.3 is 14.1 Å². The maximum Gasteiger partial charge on any atom is 0.410 e. The third kappa shape index (κ3) is 2.72. The molecule has 0 atom stereocenters. The van der Waals surface area contributed by atoms with Crippen LogP contribution in [0.25, 0.3) is 0 Å². The van der Waals surface area contributed by atoms with Gasteiger partial charge in [-0.2, -0.15) is 0 Å². The van der Waals surface area contributed by atoms with Crippen LogP contribution in [0.4, 0.5) is 4.79 Å². The van der Waals surface area contributed by atoms with Gasteiger partial charge in [0.2, 0.25) is 0 Å². The van der Waals surface area contributed by atoms with Gasteiger partial charge in [0.25, 0.3) is 0 Å². The van der Waals surface area contributed by atoms with E-state index in [9.17, 15) is 9.59 Å². The number of nitrogens with zero attached hydrogens (tertiary/aromatic N) is 1. The van der Waals surface area contributed by atoms with E-state index in [0.29, 0.717) is 31.6 Å². The van der Waals surface area contributed by atoms with Gasteiger partial charge in [0, 0.05) is 18.5 Å². The molecule has 1 amide bonds. The quantitative estimate of drug-likeness (QED) is 0.719. The van der Waals surface area contributed by atoms with Crippen molar-refractivity contribution >= 4 is 12.4 Å². The minimum atomic E-state index is -0.498. The second kappa shape index (κ2) is 4.48. The van der Waals surface area contributed by atoms with Gasteiger partial charge >= 0.3 is 6.09 Å². The van der Waals surface area contributed by atoms with Crippen LogP contribution >= 0.6 is 0 Å². The summed E-state index contributed by atoms with van der Waals surface area (Å²) in [5.74, 6) is 1.10. The van der Waals surface area contributed by atoms with Crippen molar-refractivity contribution in [3.05, 3.63) is 23.2 Å². The molecule has 0 saturated carbocycles. The molecule has 0 radical (unpaired) electrons. The van der Waals surface area contributed by atoms with E-state index in [2.05, 4.69) is 0 Å². The molecule has 98 valence electrons. The SMILES string of the molecule is CC(C)(C)OC(=O)N1CCc2oc(C=O)cc2C1. The van der Waals surface area contributed by atoms with Crippen molar-refractivity contribution in [1.82, 2.24) is 4.90 Å². The standard InChI is InChI=1S/C13H17NO4/c1-13(2,3)18-12(16)14-5-4-11-9(7-14)6-10(8-15)17-11/h6,8H,4-5,7H2,1-3H3. The molecule has 0 N–H and O–H groups in total.